The molecule has 33 heavy (non-hydrogen) atoms. The monoisotopic (exact) mass is 467 g/mol. The van der Waals surface area contributed by atoms with Crippen molar-refractivity contribution >= 4 is 22.6 Å². The van der Waals surface area contributed by atoms with Crippen LogP contribution in [0.25, 0.3) is 11.0 Å². The van der Waals surface area contributed by atoms with Gasteiger partial charge < -0.3 is 4.98 Å². The van der Waals surface area contributed by atoms with E-state index in [-0.39, 0.29) is 11.2 Å². The Labute approximate surface area is 197 Å². The van der Waals surface area contributed by atoms with Crippen LogP contribution in [0.3, 0.4) is 0 Å². The number of aryl methyl sites for hydroxylation is 3. The summed E-state index contributed by atoms with van der Waals surface area (Å²) >= 11 is 6.12. The molecule has 1 N–H and O–H groups in total. The van der Waals surface area contributed by atoms with Gasteiger partial charge in [0, 0.05) is 19.3 Å². The molecule has 0 unspecified atom stereocenters. The van der Waals surface area contributed by atoms with E-state index in [1.807, 2.05) is 17.1 Å². The van der Waals surface area contributed by atoms with Gasteiger partial charge in [0.1, 0.15) is 10.7 Å². The maximum Gasteiger partial charge on any atom is 0.331 e. The summed E-state index contributed by atoms with van der Waals surface area (Å²) in [7, 11) is 0. The largest absolute Gasteiger partial charge is 0.340 e. The second-order valence-electron chi connectivity index (χ2n) is 8.61. The number of benzene rings is 1. The quantitative estimate of drug-likeness (QED) is 0.348. The van der Waals surface area contributed by atoms with Crippen molar-refractivity contribution in [2.24, 2.45) is 0 Å². The first-order chi connectivity index (χ1) is 16.0. The molecule has 0 saturated carbocycles. The zero-order valence-electron chi connectivity index (χ0n) is 19.2. The molecule has 1 aromatic carbocycles. The van der Waals surface area contributed by atoms with E-state index < -0.39 is 0 Å². The van der Waals surface area contributed by atoms with Crippen molar-refractivity contribution in [2.75, 3.05) is 0 Å². The van der Waals surface area contributed by atoms with E-state index in [2.05, 4.69) is 48.2 Å². The van der Waals surface area contributed by atoms with Gasteiger partial charge in [-0.3, -0.25) is 18.6 Å². The normalized spacial score (nSPS) is 11.5. The zero-order valence-corrected chi connectivity index (χ0v) is 19.9. The molecule has 0 aliphatic carbocycles. The van der Waals surface area contributed by atoms with Gasteiger partial charge >= 0.3 is 5.69 Å². The number of aromatic nitrogens is 5. The van der Waals surface area contributed by atoms with E-state index in [0.717, 1.165) is 31.2 Å². The van der Waals surface area contributed by atoms with Crippen molar-refractivity contribution in [1.82, 2.24) is 23.9 Å². The molecular weight excluding hydrogens is 438 g/mol. The fraction of sp³-hybridized carbons (Fsp3) is 0.400. The van der Waals surface area contributed by atoms with E-state index >= 15 is 0 Å². The highest BCUT2D eigenvalue weighted by molar-refractivity contribution is 6.30. The predicted molar refractivity (Wildman–Crippen MR) is 132 cm³/mol. The van der Waals surface area contributed by atoms with Gasteiger partial charge in [-0.15, -0.1) is 0 Å². The molecule has 0 saturated heterocycles. The summed E-state index contributed by atoms with van der Waals surface area (Å²) in [4.78, 5) is 29.0. The van der Waals surface area contributed by atoms with Crippen molar-refractivity contribution in [2.45, 2.75) is 65.6 Å². The van der Waals surface area contributed by atoms with Crippen LogP contribution in [-0.4, -0.2) is 23.9 Å². The number of aromatic amines is 1. The van der Waals surface area contributed by atoms with Gasteiger partial charge in [0.05, 0.1) is 18.3 Å². The molecule has 0 fully saturated rings. The van der Waals surface area contributed by atoms with Crippen molar-refractivity contribution in [3.05, 3.63) is 85.4 Å². The number of rotatable bonds is 10. The molecule has 0 spiro atoms. The third kappa shape index (κ3) is 5.30. The summed E-state index contributed by atoms with van der Waals surface area (Å²) in [6.45, 7) is 5.83. The van der Waals surface area contributed by atoms with Crippen LogP contribution in [0.5, 0.6) is 0 Å². The van der Waals surface area contributed by atoms with Gasteiger partial charge in [-0.2, -0.15) is 5.10 Å². The van der Waals surface area contributed by atoms with Gasteiger partial charge in [-0.25, -0.2) is 4.79 Å². The minimum absolute atomic E-state index is 0.269. The Bertz CT molecular complexity index is 1340. The standard InChI is InChI=1S/C25H30ClN5O2/c1-3-4-5-12-30-21-14-22(26)28-23(21)24(32)31(25(30)33)13-6-7-20-15-27-29(17-20)16-19-10-8-18(2)9-11-19/h8-11,14-15,17,28H,3-7,12-13,16H2,1-2H3. The number of halogens is 1. The van der Waals surface area contributed by atoms with E-state index in [9.17, 15) is 9.59 Å². The van der Waals surface area contributed by atoms with Gasteiger partial charge in [0.25, 0.3) is 5.56 Å². The van der Waals surface area contributed by atoms with Crippen LogP contribution in [0.1, 0.15) is 49.3 Å². The summed E-state index contributed by atoms with van der Waals surface area (Å²) < 4.78 is 4.92. The Hall–Kier alpha value is -3.06. The summed E-state index contributed by atoms with van der Waals surface area (Å²) in [6, 6.07) is 10.1. The maximum absolute atomic E-state index is 13.1. The number of unbranched alkanes of at least 4 members (excludes halogenated alkanes) is 2. The van der Waals surface area contributed by atoms with Crippen molar-refractivity contribution in [3.8, 4) is 0 Å². The van der Waals surface area contributed by atoms with E-state index in [1.165, 1.54) is 15.7 Å². The Morgan fingerprint density at radius 2 is 1.76 bits per heavy atom. The minimum Gasteiger partial charge on any atom is -0.340 e. The third-order valence-corrected chi connectivity index (χ3v) is 6.16. The average molecular weight is 468 g/mol. The Balaban J connectivity index is 1.47. The van der Waals surface area contributed by atoms with Crippen LogP contribution < -0.4 is 11.2 Å². The van der Waals surface area contributed by atoms with Crippen LogP contribution in [0.2, 0.25) is 5.15 Å². The van der Waals surface area contributed by atoms with Gasteiger partial charge in [0.2, 0.25) is 0 Å². The minimum atomic E-state index is -0.316. The fourth-order valence-electron chi connectivity index (χ4n) is 4.14. The van der Waals surface area contributed by atoms with Crippen molar-refractivity contribution in [1.29, 1.82) is 0 Å². The lowest BCUT2D eigenvalue weighted by molar-refractivity contribution is 0.528. The molecule has 174 valence electrons. The molecule has 8 heteroatoms. The highest BCUT2D eigenvalue weighted by Gasteiger charge is 2.15. The SMILES string of the molecule is CCCCCn1c(=O)n(CCCc2cnn(Cc3ccc(C)cc3)c2)c(=O)c2[nH]c(Cl)cc21. The molecule has 4 aromatic rings. The molecule has 0 aliphatic heterocycles. The van der Waals surface area contributed by atoms with Crippen LogP contribution in [0, 0.1) is 6.92 Å². The second kappa shape index (κ2) is 10.3. The molecule has 7 nitrogen and oxygen atoms in total. The summed E-state index contributed by atoms with van der Waals surface area (Å²) in [5.74, 6) is 0. The molecule has 3 heterocycles. The summed E-state index contributed by atoms with van der Waals surface area (Å²) in [5.41, 5.74) is 3.91. The molecule has 4 rings (SSSR count). The topological polar surface area (TPSA) is 77.6 Å². The van der Waals surface area contributed by atoms with Gasteiger partial charge in [0.15, 0.2) is 0 Å². The molecule has 0 radical (unpaired) electrons. The summed E-state index contributed by atoms with van der Waals surface area (Å²) in [5, 5.41) is 4.82. The van der Waals surface area contributed by atoms with E-state index in [1.54, 1.807) is 10.6 Å². The lowest BCUT2D eigenvalue weighted by atomic mass is 10.1. The Morgan fingerprint density at radius 3 is 2.52 bits per heavy atom. The van der Waals surface area contributed by atoms with Crippen LogP contribution >= 0.6 is 11.6 Å². The highest BCUT2D eigenvalue weighted by atomic mass is 35.5. The number of hydrogen-bond acceptors (Lipinski definition) is 3. The number of hydrogen-bond donors (Lipinski definition) is 1. The van der Waals surface area contributed by atoms with E-state index in [4.69, 9.17) is 11.6 Å². The van der Waals surface area contributed by atoms with Crippen LogP contribution in [0.4, 0.5) is 0 Å². The molecule has 0 bridgehead atoms. The van der Waals surface area contributed by atoms with Gasteiger partial charge in [-0.1, -0.05) is 61.2 Å². The first kappa shape index (κ1) is 23.1. The molecule has 0 aliphatic rings. The Kier molecular flexibility index (Phi) is 7.18. The first-order valence-corrected chi connectivity index (χ1v) is 11.9. The van der Waals surface area contributed by atoms with Crippen LogP contribution in [-0.2, 0) is 26.1 Å². The molecular formula is C25H30ClN5O2. The molecule has 0 atom stereocenters. The first-order valence-electron chi connectivity index (χ1n) is 11.5. The lowest BCUT2D eigenvalue weighted by Crippen LogP contribution is -2.40. The van der Waals surface area contributed by atoms with Gasteiger partial charge in [-0.05, 0) is 43.4 Å². The zero-order chi connectivity index (χ0) is 23.4. The predicted octanol–water partition coefficient (Wildman–Crippen LogP) is 4.52. The molecule has 3 aromatic heterocycles. The van der Waals surface area contributed by atoms with Crippen LogP contribution in [0.15, 0.2) is 52.3 Å². The Morgan fingerprint density at radius 1 is 1.00 bits per heavy atom. The number of nitrogens with one attached hydrogen (secondary N) is 1. The second-order valence-corrected chi connectivity index (χ2v) is 9.02. The third-order valence-electron chi connectivity index (χ3n) is 5.96. The number of H-pyrrole nitrogens is 1. The number of nitrogens with zero attached hydrogens (tertiary/aromatic N) is 4. The van der Waals surface area contributed by atoms with E-state index in [0.29, 0.717) is 42.2 Å². The van der Waals surface area contributed by atoms with Crippen molar-refractivity contribution in [3.63, 3.8) is 0 Å². The fourth-order valence-corrected chi connectivity index (χ4v) is 4.33. The molecule has 0 amide bonds. The maximum atomic E-state index is 13.1. The lowest BCUT2D eigenvalue weighted by Gasteiger charge is -2.12. The highest BCUT2D eigenvalue weighted by Crippen LogP contribution is 2.15. The van der Waals surface area contributed by atoms with Crippen molar-refractivity contribution < 1.29 is 0 Å². The number of fused-ring (bicyclic) bond motifs is 1. The smallest absolute Gasteiger partial charge is 0.331 e. The average Bonchev–Trinajstić information content (AvgIpc) is 3.41. The summed E-state index contributed by atoms with van der Waals surface area (Å²) in [6.07, 6.45) is 8.25.